The molecule has 0 spiro atoms. The van der Waals surface area contributed by atoms with Crippen molar-refractivity contribution in [3.05, 3.63) is 16.1 Å². The first-order chi connectivity index (χ1) is 9.04. The molecule has 3 atom stereocenters. The van der Waals surface area contributed by atoms with Gasteiger partial charge in [0.15, 0.2) is 0 Å². The number of hydrogen-bond donors (Lipinski definition) is 1. The smallest absolute Gasteiger partial charge is 0.0897 e. The third kappa shape index (κ3) is 4.57. The second kappa shape index (κ2) is 6.85. The lowest BCUT2D eigenvalue weighted by Gasteiger charge is -2.35. The molecule has 1 fully saturated rings. The quantitative estimate of drug-likeness (QED) is 0.880. The molecule has 0 bridgehead atoms. The first kappa shape index (κ1) is 15.0. The van der Waals surface area contributed by atoms with Crippen LogP contribution in [0.2, 0.25) is 0 Å². The van der Waals surface area contributed by atoms with E-state index in [0.717, 1.165) is 17.8 Å². The van der Waals surface area contributed by atoms with Gasteiger partial charge in [0.05, 0.1) is 10.7 Å². The highest BCUT2D eigenvalue weighted by molar-refractivity contribution is 7.09. The van der Waals surface area contributed by atoms with Crippen molar-refractivity contribution in [3.8, 4) is 0 Å². The van der Waals surface area contributed by atoms with Crippen LogP contribution in [0.4, 0.5) is 0 Å². The summed E-state index contributed by atoms with van der Waals surface area (Å²) in [6.07, 6.45) is 5.34. The Hall–Kier alpha value is -0.410. The fourth-order valence-corrected chi connectivity index (χ4v) is 3.86. The Morgan fingerprint density at radius 2 is 2.16 bits per heavy atom. The van der Waals surface area contributed by atoms with E-state index in [4.69, 9.17) is 0 Å². The molecule has 3 unspecified atom stereocenters. The minimum atomic E-state index is 0.599. The lowest BCUT2D eigenvalue weighted by Crippen LogP contribution is -2.36. The number of rotatable bonds is 5. The van der Waals surface area contributed by atoms with Gasteiger partial charge in [-0.05, 0) is 50.5 Å². The molecule has 0 saturated heterocycles. The van der Waals surface area contributed by atoms with Crippen LogP contribution in [0.1, 0.15) is 50.7 Å². The van der Waals surface area contributed by atoms with E-state index in [1.165, 1.54) is 42.9 Å². The van der Waals surface area contributed by atoms with Crippen LogP contribution >= 0.6 is 11.3 Å². The van der Waals surface area contributed by atoms with E-state index in [2.05, 4.69) is 43.4 Å². The van der Waals surface area contributed by atoms with E-state index in [1.807, 2.05) is 0 Å². The van der Waals surface area contributed by atoms with Gasteiger partial charge < -0.3 is 5.32 Å². The molecule has 0 aliphatic heterocycles. The molecule has 0 amide bonds. The summed E-state index contributed by atoms with van der Waals surface area (Å²) in [4.78, 5) is 4.66. The lowest BCUT2D eigenvalue weighted by molar-refractivity contribution is 0.180. The minimum Gasteiger partial charge on any atom is -0.314 e. The van der Waals surface area contributed by atoms with Gasteiger partial charge in [0.1, 0.15) is 0 Å². The SMILES string of the molecule is Cc1nc(CC2CC(C)CCC2CNC(C)C)cs1. The van der Waals surface area contributed by atoms with E-state index in [1.54, 1.807) is 11.3 Å². The first-order valence-corrected chi connectivity index (χ1v) is 8.57. The van der Waals surface area contributed by atoms with Gasteiger partial charge in [-0.2, -0.15) is 0 Å². The van der Waals surface area contributed by atoms with Gasteiger partial charge in [-0.1, -0.05) is 27.2 Å². The molecular formula is C16H28N2S. The summed E-state index contributed by atoms with van der Waals surface area (Å²) < 4.78 is 0. The van der Waals surface area contributed by atoms with Gasteiger partial charge in [-0.15, -0.1) is 11.3 Å². The number of aromatic nitrogens is 1. The number of aryl methyl sites for hydroxylation is 1. The minimum absolute atomic E-state index is 0.599. The zero-order chi connectivity index (χ0) is 13.8. The molecule has 19 heavy (non-hydrogen) atoms. The molecule has 1 saturated carbocycles. The highest BCUT2D eigenvalue weighted by atomic mass is 32.1. The standard InChI is InChI=1S/C16H28N2S/c1-11(2)17-9-14-6-5-12(3)7-15(14)8-16-10-19-13(4)18-16/h10-12,14-15,17H,5-9H2,1-4H3. The van der Waals surface area contributed by atoms with Crippen molar-refractivity contribution in [2.45, 2.75) is 59.4 Å². The Balaban J connectivity index is 1.95. The molecule has 0 aromatic carbocycles. The number of nitrogens with zero attached hydrogens (tertiary/aromatic N) is 1. The Morgan fingerprint density at radius 3 is 2.79 bits per heavy atom. The van der Waals surface area contributed by atoms with Crippen LogP contribution in [0, 0.1) is 24.7 Å². The fraction of sp³-hybridized carbons (Fsp3) is 0.812. The Kier molecular flexibility index (Phi) is 5.40. The van der Waals surface area contributed by atoms with Crippen molar-refractivity contribution in [2.75, 3.05) is 6.54 Å². The summed E-state index contributed by atoms with van der Waals surface area (Å²) in [7, 11) is 0. The van der Waals surface area contributed by atoms with E-state index >= 15 is 0 Å². The molecule has 1 aliphatic rings. The van der Waals surface area contributed by atoms with Crippen LogP contribution in [0.5, 0.6) is 0 Å². The molecule has 1 heterocycles. The van der Waals surface area contributed by atoms with E-state index in [9.17, 15) is 0 Å². The highest BCUT2D eigenvalue weighted by Gasteiger charge is 2.29. The predicted octanol–water partition coefficient (Wildman–Crippen LogP) is 4.04. The number of nitrogens with one attached hydrogen (secondary N) is 1. The predicted molar refractivity (Wildman–Crippen MR) is 83.7 cm³/mol. The molecule has 2 nitrogen and oxygen atoms in total. The van der Waals surface area contributed by atoms with Gasteiger partial charge >= 0.3 is 0 Å². The summed E-state index contributed by atoms with van der Waals surface area (Å²) in [6.45, 7) is 10.2. The lowest BCUT2D eigenvalue weighted by atomic mass is 9.73. The van der Waals surface area contributed by atoms with Crippen molar-refractivity contribution in [3.63, 3.8) is 0 Å². The average molecular weight is 280 g/mol. The van der Waals surface area contributed by atoms with Gasteiger partial charge in [-0.3, -0.25) is 0 Å². The molecule has 1 aromatic heterocycles. The largest absolute Gasteiger partial charge is 0.314 e. The third-order valence-corrected chi connectivity index (χ3v) is 5.15. The molecule has 1 aromatic rings. The van der Waals surface area contributed by atoms with Crippen molar-refractivity contribution in [1.29, 1.82) is 0 Å². The Morgan fingerprint density at radius 1 is 1.37 bits per heavy atom. The highest BCUT2D eigenvalue weighted by Crippen LogP contribution is 2.35. The molecular weight excluding hydrogens is 252 g/mol. The van der Waals surface area contributed by atoms with Gasteiger partial charge in [0.25, 0.3) is 0 Å². The average Bonchev–Trinajstić information content (AvgIpc) is 2.73. The summed E-state index contributed by atoms with van der Waals surface area (Å²) in [5.41, 5.74) is 1.32. The topological polar surface area (TPSA) is 24.9 Å². The van der Waals surface area contributed by atoms with Crippen LogP contribution in [-0.2, 0) is 6.42 Å². The van der Waals surface area contributed by atoms with Gasteiger partial charge in [0, 0.05) is 11.4 Å². The van der Waals surface area contributed by atoms with E-state index < -0.39 is 0 Å². The monoisotopic (exact) mass is 280 g/mol. The van der Waals surface area contributed by atoms with Gasteiger partial charge in [-0.25, -0.2) is 4.98 Å². The van der Waals surface area contributed by atoms with Crippen molar-refractivity contribution in [1.82, 2.24) is 10.3 Å². The van der Waals surface area contributed by atoms with Crippen LogP contribution in [0.15, 0.2) is 5.38 Å². The number of hydrogen-bond acceptors (Lipinski definition) is 3. The zero-order valence-corrected chi connectivity index (χ0v) is 13.6. The molecule has 1 N–H and O–H groups in total. The molecule has 0 radical (unpaired) electrons. The summed E-state index contributed by atoms with van der Waals surface area (Å²) >= 11 is 1.79. The molecule has 2 rings (SSSR count). The maximum Gasteiger partial charge on any atom is 0.0897 e. The second-order valence-corrected chi connectivity index (χ2v) is 7.63. The summed E-state index contributed by atoms with van der Waals surface area (Å²) in [5.74, 6) is 2.54. The van der Waals surface area contributed by atoms with Crippen molar-refractivity contribution >= 4 is 11.3 Å². The van der Waals surface area contributed by atoms with Gasteiger partial charge in [0.2, 0.25) is 0 Å². The first-order valence-electron chi connectivity index (χ1n) is 7.69. The summed E-state index contributed by atoms with van der Waals surface area (Å²) in [5, 5.41) is 7.09. The maximum absolute atomic E-state index is 4.66. The Bertz CT molecular complexity index is 386. The molecule has 3 heteroatoms. The van der Waals surface area contributed by atoms with Crippen molar-refractivity contribution < 1.29 is 0 Å². The second-order valence-electron chi connectivity index (χ2n) is 6.56. The van der Waals surface area contributed by atoms with E-state index in [0.29, 0.717) is 6.04 Å². The Labute approximate surface area is 122 Å². The maximum atomic E-state index is 4.66. The molecule has 1 aliphatic carbocycles. The third-order valence-electron chi connectivity index (χ3n) is 4.33. The molecule has 108 valence electrons. The van der Waals surface area contributed by atoms with Crippen LogP contribution in [-0.4, -0.2) is 17.6 Å². The van der Waals surface area contributed by atoms with Crippen LogP contribution < -0.4 is 5.32 Å². The number of thiazole rings is 1. The normalized spacial score (nSPS) is 27.9. The zero-order valence-electron chi connectivity index (χ0n) is 12.8. The van der Waals surface area contributed by atoms with E-state index in [-0.39, 0.29) is 0 Å². The van der Waals surface area contributed by atoms with Crippen LogP contribution in [0.3, 0.4) is 0 Å². The van der Waals surface area contributed by atoms with Crippen molar-refractivity contribution in [2.24, 2.45) is 17.8 Å². The fourth-order valence-electron chi connectivity index (χ4n) is 3.24. The summed E-state index contributed by atoms with van der Waals surface area (Å²) in [6, 6.07) is 0.599. The van der Waals surface area contributed by atoms with Crippen LogP contribution in [0.25, 0.3) is 0 Å².